The second kappa shape index (κ2) is 15.0. The Morgan fingerprint density at radius 1 is 0.852 bits per heavy atom. The van der Waals surface area contributed by atoms with Crippen LogP contribution in [0.1, 0.15) is 60.8 Å². The molecule has 2 aromatic rings. The van der Waals surface area contributed by atoms with E-state index in [4.69, 9.17) is 5.73 Å². The van der Waals surface area contributed by atoms with Crippen LogP contribution in [0.2, 0.25) is 0 Å². The normalized spacial score (nSPS) is 25.3. The number of hydrogen-bond acceptors (Lipinski definition) is 7. The van der Waals surface area contributed by atoms with Gasteiger partial charge in [0.05, 0.1) is 22.5 Å². The van der Waals surface area contributed by atoms with Crippen LogP contribution in [-0.4, -0.2) is 126 Å². The van der Waals surface area contributed by atoms with Crippen LogP contribution in [0.3, 0.4) is 0 Å². The van der Waals surface area contributed by atoms with E-state index in [1.54, 1.807) is 9.80 Å². The second-order valence-corrected chi connectivity index (χ2v) is 16.0. The summed E-state index contributed by atoms with van der Waals surface area (Å²) in [4.78, 5) is 50.5. The van der Waals surface area contributed by atoms with Crippen LogP contribution in [-0.2, 0) is 30.0 Å². The van der Waals surface area contributed by atoms with E-state index in [-0.39, 0.29) is 25.2 Å². The summed E-state index contributed by atoms with van der Waals surface area (Å²) >= 11 is 1.51. The van der Waals surface area contributed by atoms with E-state index in [9.17, 15) is 40.7 Å². The van der Waals surface area contributed by atoms with Crippen molar-refractivity contribution in [3.8, 4) is 0 Å². The lowest BCUT2D eigenvalue weighted by Crippen LogP contribution is -2.60. The lowest BCUT2D eigenvalue weighted by atomic mass is 9.95. The maximum Gasteiger partial charge on any atom is 0.418 e. The van der Waals surface area contributed by atoms with E-state index in [0.717, 1.165) is 36.9 Å². The standard InChI is InChI=1S/C36H46F6N8O3S/c1-46-24-2-3-25(46)18-26(17-24)47-10-12-48(13-11-47)32(51)29(16-21-14-27(35(37,38)39)31(43)28(15-21)36(40,41)42)44-33(52)49-7-5-23(6-8-49)50-9-4-22-19-54-20-30(22)45-34(50)53/h14-15,19-20,23-26,29H,2-13,16-18,43H2,1H3,(H,44,52)(H,45,53)/t24?,25?,26?,29-/m1/s1. The third kappa shape index (κ3) is 7.96. The smallest absolute Gasteiger partial charge is 0.398 e. The highest BCUT2D eigenvalue weighted by Gasteiger charge is 2.43. The summed E-state index contributed by atoms with van der Waals surface area (Å²) in [7, 11) is 2.16. The molecule has 6 heterocycles. The van der Waals surface area contributed by atoms with Gasteiger partial charge in [0.1, 0.15) is 6.04 Å². The molecule has 4 saturated heterocycles. The first-order valence-electron chi connectivity index (χ1n) is 18.6. The molecule has 5 amide bonds. The van der Waals surface area contributed by atoms with E-state index in [2.05, 4.69) is 27.5 Å². The van der Waals surface area contributed by atoms with Crippen LogP contribution >= 0.6 is 11.3 Å². The van der Waals surface area contributed by atoms with E-state index in [1.165, 1.54) is 16.2 Å². The summed E-state index contributed by atoms with van der Waals surface area (Å²) in [6.45, 7) is 2.75. The minimum absolute atomic E-state index is 0.147. The third-order valence-corrected chi connectivity index (χ3v) is 13.0. The SMILES string of the molecule is CN1C2CCC1CC(N1CCN(C(=O)[C@@H](Cc3cc(C(F)(F)F)c(N)c(C(F)(F)F)c3)NC(=O)N3CCC(N4CCc5cscc5NC4=O)CC3)CC1)C2. The van der Waals surface area contributed by atoms with Crippen LogP contribution < -0.4 is 16.4 Å². The second-order valence-electron chi connectivity index (χ2n) is 15.2. The lowest BCUT2D eigenvalue weighted by molar-refractivity contribution is -0.141. The molecule has 1 aromatic carbocycles. The highest BCUT2D eigenvalue weighted by Crippen LogP contribution is 2.42. The maximum absolute atomic E-state index is 14.1. The van der Waals surface area contributed by atoms with Gasteiger partial charge in [0.25, 0.3) is 0 Å². The number of rotatable bonds is 6. The topological polar surface area (TPSA) is 117 Å². The molecular weight excluding hydrogens is 739 g/mol. The molecule has 296 valence electrons. The first kappa shape index (κ1) is 38.5. The number of nitrogens with one attached hydrogen (secondary N) is 2. The number of alkyl halides is 6. The van der Waals surface area contributed by atoms with Gasteiger partial charge >= 0.3 is 24.4 Å². The van der Waals surface area contributed by atoms with Crippen LogP contribution in [0.4, 0.5) is 47.3 Å². The zero-order chi connectivity index (χ0) is 38.5. The van der Waals surface area contributed by atoms with Gasteiger partial charge in [0.2, 0.25) is 5.91 Å². The highest BCUT2D eigenvalue weighted by molar-refractivity contribution is 7.08. The van der Waals surface area contributed by atoms with Crippen molar-refractivity contribution in [1.29, 1.82) is 0 Å². The van der Waals surface area contributed by atoms with Crippen molar-refractivity contribution in [1.82, 2.24) is 29.8 Å². The Balaban J connectivity index is 1.05. The number of piperazine rings is 1. The van der Waals surface area contributed by atoms with Crippen molar-refractivity contribution in [3.63, 3.8) is 0 Å². The minimum Gasteiger partial charge on any atom is -0.398 e. The number of urea groups is 2. The number of likely N-dealkylation sites (tertiary alicyclic amines) is 1. The fourth-order valence-electron chi connectivity index (χ4n) is 9.07. The summed E-state index contributed by atoms with van der Waals surface area (Å²) in [5.74, 6) is -0.575. The van der Waals surface area contributed by atoms with Crippen molar-refractivity contribution in [3.05, 3.63) is 45.1 Å². The first-order valence-corrected chi connectivity index (χ1v) is 19.5. The number of hydrogen-bond donors (Lipinski definition) is 3. The van der Waals surface area contributed by atoms with E-state index in [0.29, 0.717) is 82.2 Å². The summed E-state index contributed by atoms with van der Waals surface area (Å²) in [6, 6.07) is 0.0158. The Morgan fingerprint density at radius 3 is 2.06 bits per heavy atom. The molecule has 0 aliphatic carbocycles. The number of carbonyl (C=O) groups is 3. The van der Waals surface area contributed by atoms with Gasteiger partial charge in [0, 0.05) is 81.8 Å². The molecular formula is C36H46F6N8O3S. The predicted octanol–water partition coefficient (Wildman–Crippen LogP) is 5.31. The molecule has 0 saturated carbocycles. The van der Waals surface area contributed by atoms with Crippen molar-refractivity contribution >= 4 is 40.7 Å². The Morgan fingerprint density at radius 2 is 1.46 bits per heavy atom. The van der Waals surface area contributed by atoms with Gasteiger partial charge < -0.3 is 36.0 Å². The highest BCUT2D eigenvalue weighted by atomic mass is 32.1. The molecule has 0 radical (unpaired) electrons. The first-order chi connectivity index (χ1) is 25.6. The largest absolute Gasteiger partial charge is 0.418 e. The van der Waals surface area contributed by atoms with Crippen LogP contribution in [0, 0.1) is 0 Å². The third-order valence-electron chi connectivity index (χ3n) is 12.2. The van der Waals surface area contributed by atoms with Gasteiger partial charge in [-0.25, -0.2) is 9.59 Å². The van der Waals surface area contributed by atoms with E-state index in [1.807, 2.05) is 10.8 Å². The molecule has 1 aromatic heterocycles. The Bertz CT molecular complexity index is 1670. The Labute approximate surface area is 313 Å². The predicted molar refractivity (Wildman–Crippen MR) is 191 cm³/mol. The van der Waals surface area contributed by atoms with Crippen LogP contribution in [0.5, 0.6) is 0 Å². The summed E-state index contributed by atoms with van der Waals surface area (Å²) in [5.41, 5.74) is 2.06. The van der Waals surface area contributed by atoms with Crippen molar-refractivity contribution in [2.24, 2.45) is 0 Å². The number of thiophene rings is 1. The van der Waals surface area contributed by atoms with Gasteiger partial charge in [-0.3, -0.25) is 9.69 Å². The monoisotopic (exact) mass is 784 g/mol. The van der Waals surface area contributed by atoms with Gasteiger partial charge in [0.15, 0.2) is 0 Å². The number of amides is 5. The zero-order valence-electron chi connectivity index (χ0n) is 30.0. The number of benzene rings is 1. The molecule has 7 rings (SSSR count). The van der Waals surface area contributed by atoms with Crippen LogP contribution in [0.25, 0.3) is 0 Å². The quantitative estimate of drug-likeness (QED) is 0.270. The minimum atomic E-state index is -5.19. The summed E-state index contributed by atoms with van der Waals surface area (Å²) in [6.07, 6.45) is -4.99. The number of nitrogen functional groups attached to an aromatic ring is 1. The van der Waals surface area contributed by atoms with Gasteiger partial charge in [-0.15, -0.1) is 11.3 Å². The number of anilines is 2. The molecule has 5 aliphatic heterocycles. The average Bonchev–Trinajstić information content (AvgIpc) is 3.57. The summed E-state index contributed by atoms with van der Waals surface area (Å²) < 4.78 is 83.6. The zero-order valence-corrected chi connectivity index (χ0v) is 30.8. The fraction of sp³-hybridized carbons (Fsp3) is 0.639. The number of fused-ring (bicyclic) bond motifs is 3. The lowest BCUT2D eigenvalue weighted by Gasteiger charge is -2.45. The molecule has 18 heteroatoms. The van der Waals surface area contributed by atoms with Gasteiger partial charge in [-0.2, -0.15) is 26.3 Å². The summed E-state index contributed by atoms with van der Waals surface area (Å²) in [5, 5.41) is 9.51. The van der Waals surface area contributed by atoms with Crippen molar-refractivity contribution < 1.29 is 40.7 Å². The molecule has 0 spiro atoms. The molecule has 4 fully saturated rings. The number of piperidine rings is 2. The van der Waals surface area contributed by atoms with Crippen molar-refractivity contribution in [2.45, 2.75) is 93.9 Å². The molecule has 2 bridgehead atoms. The number of carbonyl (C=O) groups excluding carboxylic acids is 3. The fourth-order valence-corrected chi connectivity index (χ4v) is 9.89. The van der Waals surface area contributed by atoms with E-state index < -0.39 is 59.1 Å². The average molecular weight is 785 g/mol. The van der Waals surface area contributed by atoms with E-state index >= 15 is 0 Å². The molecule has 11 nitrogen and oxygen atoms in total. The number of nitrogens with zero attached hydrogens (tertiary/aromatic N) is 5. The molecule has 2 unspecified atom stereocenters. The van der Waals surface area contributed by atoms with Crippen molar-refractivity contribution in [2.75, 3.05) is 63.9 Å². The maximum atomic E-state index is 14.1. The molecule has 54 heavy (non-hydrogen) atoms. The number of halogens is 6. The molecule has 3 atom stereocenters. The van der Waals surface area contributed by atoms with Gasteiger partial charge in [-0.1, -0.05) is 0 Å². The molecule has 4 N–H and O–H groups in total. The Kier molecular flexibility index (Phi) is 10.7. The molecule has 5 aliphatic rings. The van der Waals surface area contributed by atoms with Crippen LogP contribution in [0.15, 0.2) is 22.9 Å². The van der Waals surface area contributed by atoms with Gasteiger partial charge in [-0.05, 0) is 80.6 Å². The Hall–Kier alpha value is -3.77. The number of nitrogens with two attached hydrogens (primary N) is 1.